The molecule has 0 aliphatic heterocycles. The Labute approximate surface area is 80.5 Å². The van der Waals surface area contributed by atoms with Crippen molar-refractivity contribution >= 4 is 22.1 Å². The van der Waals surface area contributed by atoms with Crippen LogP contribution in [-0.2, 0) is 4.43 Å². The zero-order valence-corrected chi connectivity index (χ0v) is 8.21. The van der Waals surface area contributed by atoms with Crippen LogP contribution in [0.5, 0.6) is 0 Å². The second-order valence-corrected chi connectivity index (χ2v) is 3.00. The molecule has 1 aromatic carbocycles. The van der Waals surface area contributed by atoms with Gasteiger partial charge in [0.2, 0.25) is 10.5 Å². The van der Waals surface area contributed by atoms with Crippen molar-refractivity contribution in [3.63, 3.8) is 0 Å². The summed E-state index contributed by atoms with van der Waals surface area (Å²) in [5.74, 6) is 0. The Morgan fingerprint density at radius 2 is 2.33 bits per heavy atom. The summed E-state index contributed by atoms with van der Waals surface area (Å²) in [5, 5.41) is 0.697. The number of benzene rings is 1. The standard InChI is InChI=1S/C9H8ClOSi/c1-2-9(11-12)7-4-3-5-8(10)6-7/h2-6,9H,1H2. The van der Waals surface area contributed by atoms with Gasteiger partial charge in [-0.1, -0.05) is 29.8 Å². The summed E-state index contributed by atoms with van der Waals surface area (Å²) >= 11 is 5.80. The van der Waals surface area contributed by atoms with Crippen LogP contribution in [0.2, 0.25) is 5.02 Å². The minimum absolute atomic E-state index is 0.152. The van der Waals surface area contributed by atoms with Gasteiger partial charge in [-0.15, -0.1) is 6.58 Å². The Balaban J connectivity index is 2.93. The quantitative estimate of drug-likeness (QED) is 0.532. The van der Waals surface area contributed by atoms with Crippen molar-refractivity contribution in [3.8, 4) is 0 Å². The molecule has 0 N–H and O–H groups in total. The van der Waals surface area contributed by atoms with Crippen LogP contribution in [0.25, 0.3) is 0 Å². The maximum Gasteiger partial charge on any atom is 0.247 e. The van der Waals surface area contributed by atoms with Gasteiger partial charge in [0.25, 0.3) is 0 Å². The predicted molar refractivity (Wildman–Crippen MR) is 51.2 cm³/mol. The highest BCUT2D eigenvalue weighted by atomic mass is 35.5. The molecule has 0 bridgehead atoms. The van der Waals surface area contributed by atoms with E-state index in [0.717, 1.165) is 5.56 Å². The maximum atomic E-state index is 5.80. The summed E-state index contributed by atoms with van der Waals surface area (Å²) in [6.07, 6.45) is 1.54. The zero-order valence-electron chi connectivity index (χ0n) is 6.46. The molecule has 1 aromatic rings. The fourth-order valence-corrected chi connectivity index (χ4v) is 1.37. The van der Waals surface area contributed by atoms with E-state index in [2.05, 4.69) is 17.1 Å². The molecule has 0 fully saturated rings. The first-order valence-corrected chi connectivity index (χ1v) is 4.27. The highest BCUT2D eigenvalue weighted by Crippen LogP contribution is 2.20. The average molecular weight is 196 g/mol. The lowest BCUT2D eigenvalue weighted by Crippen LogP contribution is -1.97. The summed E-state index contributed by atoms with van der Waals surface area (Å²) < 4.78 is 4.97. The van der Waals surface area contributed by atoms with E-state index < -0.39 is 0 Å². The third-order valence-corrected chi connectivity index (χ3v) is 2.01. The van der Waals surface area contributed by atoms with Gasteiger partial charge in [0.15, 0.2) is 0 Å². The van der Waals surface area contributed by atoms with Gasteiger partial charge in [0.1, 0.15) is 0 Å². The van der Waals surface area contributed by atoms with Gasteiger partial charge in [-0.2, -0.15) is 0 Å². The predicted octanol–water partition coefficient (Wildman–Crippen LogP) is 2.67. The first-order valence-electron chi connectivity index (χ1n) is 3.48. The molecular formula is C9H8ClOSi. The minimum atomic E-state index is -0.152. The smallest absolute Gasteiger partial charge is 0.247 e. The van der Waals surface area contributed by atoms with Gasteiger partial charge >= 0.3 is 0 Å². The molecule has 1 unspecified atom stereocenters. The highest BCUT2D eigenvalue weighted by molar-refractivity contribution is 6.30. The molecule has 0 aliphatic carbocycles. The first-order chi connectivity index (χ1) is 5.77. The van der Waals surface area contributed by atoms with Crippen molar-refractivity contribution in [1.82, 2.24) is 0 Å². The lowest BCUT2D eigenvalue weighted by Gasteiger charge is -2.10. The summed E-state index contributed by atoms with van der Waals surface area (Å²) in [4.78, 5) is 0. The Bertz CT molecular complexity index is 275. The van der Waals surface area contributed by atoms with Crippen LogP contribution >= 0.6 is 11.6 Å². The number of hydrogen-bond acceptors (Lipinski definition) is 1. The molecule has 1 rings (SSSR count). The second kappa shape index (κ2) is 4.45. The molecule has 12 heavy (non-hydrogen) atoms. The molecule has 0 saturated heterocycles. The molecule has 0 aliphatic rings. The molecule has 1 atom stereocenters. The molecule has 3 radical (unpaired) electrons. The van der Waals surface area contributed by atoms with Crippen molar-refractivity contribution in [3.05, 3.63) is 47.5 Å². The van der Waals surface area contributed by atoms with Crippen LogP contribution in [0.3, 0.4) is 0 Å². The lowest BCUT2D eigenvalue weighted by molar-refractivity contribution is 0.282. The minimum Gasteiger partial charge on any atom is -0.408 e. The molecule has 61 valence electrons. The normalized spacial score (nSPS) is 12.5. The summed E-state index contributed by atoms with van der Waals surface area (Å²) in [5.41, 5.74) is 0.979. The SMILES string of the molecule is C=CC(O[Si])c1cccc(Cl)c1. The van der Waals surface area contributed by atoms with Gasteiger partial charge in [-0.05, 0) is 17.7 Å². The van der Waals surface area contributed by atoms with Crippen molar-refractivity contribution in [2.45, 2.75) is 6.10 Å². The number of rotatable bonds is 3. The Morgan fingerprint density at radius 3 is 2.83 bits per heavy atom. The first kappa shape index (κ1) is 9.51. The van der Waals surface area contributed by atoms with E-state index in [9.17, 15) is 0 Å². The summed E-state index contributed by atoms with van der Waals surface area (Å²) in [7, 11) is 2.97. The van der Waals surface area contributed by atoms with Crippen molar-refractivity contribution in [1.29, 1.82) is 0 Å². The highest BCUT2D eigenvalue weighted by Gasteiger charge is 2.04. The molecule has 3 heteroatoms. The molecule has 0 spiro atoms. The van der Waals surface area contributed by atoms with Crippen LogP contribution in [0.1, 0.15) is 11.7 Å². The summed E-state index contributed by atoms with van der Waals surface area (Å²) in [6, 6.07) is 7.46. The van der Waals surface area contributed by atoms with E-state index in [1.54, 1.807) is 6.08 Å². The monoisotopic (exact) mass is 195 g/mol. The van der Waals surface area contributed by atoms with E-state index in [1.165, 1.54) is 0 Å². The lowest BCUT2D eigenvalue weighted by atomic mass is 10.1. The molecular weight excluding hydrogens is 188 g/mol. The van der Waals surface area contributed by atoms with Crippen LogP contribution in [0.15, 0.2) is 36.9 Å². The molecule has 0 saturated carbocycles. The summed E-state index contributed by atoms with van der Waals surface area (Å²) in [6.45, 7) is 3.64. The van der Waals surface area contributed by atoms with Crippen LogP contribution < -0.4 is 0 Å². The number of hydrogen-bond donors (Lipinski definition) is 0. The maximum absolute atomic E-state index is 5.80. The van der Waals surface area contributed by atoms with Crippen molar-refractivity contribution < 1.29 is 4.43 Å². The van der Waals surface area contributed by atoms with Gasteiger partial charge in [0, 0.05) is 5.02 Å². The van der Waals surface area contributed by atoms with Crippen LogP contribution in [0.4, 0.5) is 0 Å². The Kier molecular flexibility index (Phi) is 3.53. The van der Waals surface area contributed by atoms with Crippen LogP contribution in [-0.4, -0.2) is 10.5 Å². The zero-order chi connectivity index (χ0) is 8.97. The topological polar surface area (TPSA) is 9.23 Å². The van der Waals surface area contributed by atoms with Gasteiger partial charge < -0.3 is 4.43 Å². The van der Waals surface area contributed by atoms with E-state index in [1.807, 2.05) is 24.3 Å². The third-order valence-electron chi connectivity index (χ3n) is 1.52. The van der Waals surface area contributed by atoms with E-state index >= 15 is 0 Å². The van der Waals surface area contributed by atoms with E-state index in [-0.39, 0.29) is 6.10 Å². The molecule has 0 aromatic heterocycles. The van der Waals surface area contributed by atoms with E-state index in [0.29, 0.717) is 5.02 Å². The van der Waals surface area contributed by atoms with E-state index in [4.69, 9.17) is 16.0 Å². The van der Waals surface area contributed by atoms with Gasteiger partial charge in [-0.25, -0.2) is 0 Å². The fraction of sp³-hybridized carbons (Fsp3) is 0.111. The molecule has 0 amide bonds. The van der Waals surface area contributed by atoms with Crippen molar-refractivity contribution in [2.75, 3.05) is 0 Å². The molecule has 0 heterocycles. The third kappa shape index (κ3) is 2.20. The molecule has 1 nitrogen and oxygen atoms in total. The number of halogens is 1. The fourth-order valence-electron chi connectivity index (χ4n) is 0.936. The Morgan fingerprint density at radius 1 is 1.58 bits per heavy atom. The van der Waals surface area contributed by atoms with Crippen LogP contribution in [0, 0.1) is 0 Å². The largest absolute Gasteiger partial charge is 0.408 e. The Hall–Kier alpha value is -0.573. The van der Waals surface area contributed by atoms with Gasteiger partial charge in [-0.3, -0.25) is 0 Å². The van der Waals surface area contributed by atoms with Crippen molar-refractivity contribution in [2.24, 2.45) is 0 Å². The van der Waals surface area contributed by atoms with Gasteiger partial charge in [0.05, 0.1) is 6.10 Å². The second-order valence-electron chi connectivity index (χ2n) is 2.33. The average Bonchev–Trinajstić information content (AvgIpc) is 2.07.